The molecule has 0 radical (unpaired) electrons. The molecule has 0 amide bonds. The maximum atomic E-state index is 4.91. The zero-order valence-electron chi connectivity index (χ0n) is 6.66. The summed E-state index contributed by atoms with van der Waals surface area (Å²) in [5, 5.41) is 0. The number of nitrogens with one attached hydrogen (secondary N) is 2. The third-order valence-corrected chi connectivity index (χ3v) is 1.63. The Balaban J connectivity index is 2.35. The van der Waals surface area contributed by atoms with Crippen LogP contribution in [-0.2, 0) is 0 Å². The summed E-state index contributed by atoms with van der Waals surface area (Å²) in [5.74, 6) is 0. The van der Waals surface area contributed by atoms with Crippen molar-refractivity contribution >= 4 is 0 Å². The Morgan fingerprint density at radius 1 is 1.42 bits per heavy atom. The van der Waals surface area contributed by atoms with Gasteiger partial charge in [-0.05, 0) is 12.1 Å². The molecule has 2 heterocycles. The largest absolute Gasteiger partial charge is 0.468 e. The third kappa shape index (κ3) is 1.07. The summed E-state index contributed by atoms with van der Waals surface area (Å²) < 4.78 is 4.91. The smallest absolute Gasteiger partial charge is 0.293 e. The lowest BCUT2D eigenvalue weighted by Gasteiger charge is -1.91. The van der Waals surface area contributed by atoms with Gasteiger partial charge in [0.15, 0.2) is 0 Å². The van der Waals surface area contributed by atoms with Crippen LogP contribution in [0.5, 0.6) is 6.01 Å². The van der Waals surface area contributed by atoms with Gasteiger partial charge in [0, 0.05) is 6.20 Å². The first-order valence-electron chi connectivity index (χ1n) is 3.63. The van der Waals surface area contributed by atoms with Crippen molar-refractivity contribution < 1.29 is 4.74 Å². The first-order valence-corrected chi connectivity index (χ1v) is 3.63. The van der Waals surface area contributed by atoms with Gasteiger partial charge < -0.3 is 14.7 Å². The van der Waals surface area contributed by atoms with Crippen LogP contribution in [0.3, 0.4) is 0 Å². The molecule has 12 heavy (non-hydrogen) atoms. The van der Waals surface area contributed by atoms with Crippen LogP contribution in [0.4, 0.5) is 0 Å². The van der Waals surface area contributed by atoms with E-state index in [9.17, 15) is 0 Å². The molecule has 2 aromatic heterocycles. The lowest BCUT2D eigenvalue weighted by Crippen LogP contribution is -1.83. The molecular weight excluding hydrogens is 154 g/mol. The Morgan fingerprint density at radius 2 is 2.33 bits per heavy atom. The molecule has 0 aliphatic rings. The molecule has 0 aliphatic carbocycles. The molecule has 2 rings (SSSR count). The molecule has 0 unspecified atom stereocenters. The summed E-state index contributed by atoms with van der Waals surface area (Å²) in [7, 11) is 1.58. The third-order valence-electron chi connectivity index (χ3n) is 1.63. The van der Waals surface area contributed by atoms with Crippen molar-refractivity contribution in [3.63, 3.8) is 0 Å². The number of ether oxygens (including phenoxy) is 1. The molecule has 0 aromatic carbocycles. The van der Waals surface area contributed by atoms with Gasteiger partial charge in [-0.15, -0.1) is 0 Å². The van der Waals surface area contributed by atoms with Gasteiger partial charge in [0.25, 0.3) is 6.01 Å². The van der Waals surface area contributed by atoms with Crippen molar-refractivity contribution in [2.24, 2.45) is 0 Å². The fourth-order valence-electron chi connectivity index (χ4n) is 1.04. The van der Waals surface area contributed by atoms with E-state index in [-0.39, 0.29) is 0 Å². The highest BCUT2D eigenvalue weighted by atomic mass is 16.5. The maximum Gasteiger partial charge on any atom is 0.293 e. The van der Waals surface area contributed by atoms with Crippen molar-refractivity contribution in [2.75, 3.05) is 7.11 Å². The highest BCUT2D eigenvalue weighted by Crippen LogP contribution is 2.16. The molecule has 4 heteroatoms. The summed E-state index contributed by atoms with van der Waals surface area (Å²) in [6.07, 6.45) is 3.59. The molecule has 0 atom stereocenters. The number of aromatic nitrogens is 3. The van der Waals surface area contributed by atoms with E-state index >= 15 is 0 Å². The molecule has 0 spiro atoms. The summed E-state index contributed by atoms with van der Waals surface area (Å²) in [5.41, 5.74) is 1.93. The first kappa shape index (κ1) is 6.97. The second-order valence-corrected chi connectivity index (χ2v) is 2.39. The van der Waals surface area contributed by atoms with Crippen LogP contribution in [0.1, 0.15) is 0 Å². The molecule has 0 aliphatic heterocycles. The van der Waals surface area contributed by atoms with Crippen LogP contribution in [0, 0.1) is 0 Å². The monoisotopic (exact) mass is 163 g/mol. The quantitative estimate of drug-likeness (QED) is 0.703. The predicted molar refractivity (Wildman–Crippen MR) is 44.9 cm³/mol. The van der Waals surface area contributed by atoms with Crippen LogP contribution < -0.4 is 4.74 Å². The number of nitrogens with zero attached hydrogens (tertiary/aromatic N) is 1. The van der Waals surface area contributed by atoms with E-state index in [2.05, 4.69) is 15.0 Å². The topological polar surface area (TPSA) is 53.7 Å². The van der Waals surface area contributed by atoms with E-state index in [0.717, 1.165) is 11.4 Å². The minimum Gasteiger partial charge on any atom is -0.468 e. The first-order chi connectivity index (χ1) is 5.90. The van der Waals surface area contributed by atoms with Gasteiger partial charge in [-0.25, -0.2) is 4.98 Å². The second-order valence-electron chi connectivity index (χ2n) is 2.39. The molecule has 0 saturated carbocycles. The molecule has 2 N–H and O–H groups in total. The number of rotatable bonds is 2. The van der Waals surface area contributed by atoms with Gasteiger partial charge in [-0.3, -0.25) is 0 Å². The van der Waals surface area contributed by atoms with E-state index in [1.807, 2.05) is 18.3 Å². The Bertz CT molecular complexity index is 350. The number of H-pyrrole nitrogens is 2. The normalized spacial score (nSPS) is 10.1. The lowest BCUT2D eigenvalue weighted by atomic mass is 10.3. The minimum absolute atomic E-state index is 0.527. The zero-order valence-corrected chi connectivity index (χ0v) is 6.66. The standard InChI is InChI=1S/C8H9N3O/c1-12-8-10-5-7(11-8)6-3-2-4-9-6/h2-5,9H,1H3,(H,10,11). The van der Waals surface area contributed by atoms with E-state index in [4.69, 9.17) is 4.74 Å². The van der Waals surface area contributed by atoms with Crippen LogP contribution >= 0.6 is 0 Å². The number of imidazole rings is 1. The lowest BCUT2D eigenvalue weighted by molar-refractivity contribution is 0.384. The van der Waals surface area contributed by atoms with Gasteiger partial charge in [0.1, 0.15) is 0 Å². The molecule has 4 nitrogen and oxygen atoms in total. The Morgan fingerprint density at radius 3 is 2.92 bits per heavy atom. The summed E-state index contributed by atoms with van der Waals surface area (Å²) >= 11 is 0. The summed E-state index contributed by atoms with van der Waals surface area (Å²) in [6.45, 7) is 0. The van der Waals surface area contributed by atoms with Crippen molar-refractivity contribution in [3.05, 3.63) is 24.5 Å². The Hall–Kier alpha value is -1.71. The van der Waals surface area contributed by atoms with Crippen LogP contribution in [0.15, 0.2) is 24.5 Å². The maximum absolute atomic E-state index is 4.91. The van der Waals surface area contributed by atoms with Crippen LogP contribution in [0.2, 0.25) is 0 Å². The molecular formula is C8H9N3O. The zero-order chi connectivity index (χ0) is 8.39. The average Bonchev–Trinajstić information content (AvgIpc) is 2.75. The summed E-state index contributed by atoms with van der Waals surface area (Å²) in [6, 6.07) is 4.43. The number of methoxy groups -OCH3 is 1. The van der Waals surface area contributed by atoms with E-state index in [1.165, 1.54) is 0 Å². The molecule has 0 saturated heterocycles. The summed E-state index contributed by atoms with van der Waals surface area (Å²) in [4.78, 5) is 10.1. The van der Waals surface area contributed by atoms with Gasteiger partial charge >= 0.3 is 0 Å². The fourth-order valence-corrected chi connectivity index (χ4v) is 1.04. The van der Waals surface area contributed by atoms with E-state index in [1.54, 1.807) is 13.3 Å². The highest BCUT2D eigenvalue weighted by Gasteiger charge is 2.01. The number of aromatic amines is 2. The van der Waals surface area contributed by atoms with Crippen LogP contribution in [0.25, 0.3) is 11.4 Å². The predicted octanol–water partition coefficient (Wildman–Crippen LogP) is 1.41. The van der Waals surface area contributed by atoms with Crippen molar-refractivity contribution in [1.29, 1.82) is 0 Å². The molecule has 62 valence electrons. The average molecular weight is 163 g/mol. The van der Waals surface area contributed by atoms with Crippen molar-refractivity contribution in [3.8, 4) is 17.4 Å². The fraction of sp³-hybridized carbons (Fsp3) is 0.125. The number of hydrogen-bond acceptors (Lipinski definition) is 2. The van der Waals surface area contributed by atoms with Crippen molar-refractivity contribution in [2.45, 2.75) is 0 Å². The van der Waals surface area contributed by atoms with E-state index in [0.29, 0.717) is 6.01 Å². The molecule has 0 fully saturated rings. The Kier molecular flexibility index (Phi) is 1.59. The number of hydrogen-bond donors (Lipinski definition) is 2. The minimum atomic E-state index is 0.527. The molecule has 2 aromatic rings. The molecule has 0 bridgehead atoms. The van der Waals surface area contributed by atoms with Gasteiger partial charge in [0.05, 0.1) is 24.7 Å². The van der Waals surface area contributed by atoms with Gasteiger partial charge in [-0.1, -0.05) is 0 Å². The van der Waals surface area contributed by atoms with E-state index < -0.39 is 0 Å². The SMILES string of the molecule is COc1ncc(-c2ccc[nH]2)[nH]1. The second kappa shape index (κ2) is 2.73. The Labute approximate surface area is 69.6 Å². The highest BCUT2D eigenvalue weighted by molar-refractivity contribution is 5.53. The van der Waals surface area contributed by atoms with Gasteiger partial charge in [-0.2, -0.15) is 0 Å². The van der Waals surface area contributed by atoms with Crippen molar-refractivity contribution in [1.82, 2.24) is 15.0 Å². The van der Waals surface area contributed by atoms with Crippen LogP contribution in [-0.4, -0.2) is 22.1 Å². The van der Waals surface area contributed by atoms with Gasteiger partial charge in [0.2, 0.25) is 0 Å².